The standard InChI is InChI=1S/C12H19N5O2/c18-12(16-5-7-19-8-6-16)11-9-17(15-14-11)10-1-3-13-4-2-10/h9-10,13H,1-8H2. The number of nitrogens with one attached hydrogen (secondary N) is 1. The fourth-order valence-electron chi connectivity index (χ4n) is 2.55. The number of rotatable bonds is 2. The average molecular weight is 265 g/mol. The van der Waals surface area contributed by atoms with Gasteiger partial charge >= 0.3 is 0 Å². The highest BCUT2D eigenvalue weighted by atomic mass is 16.5. The van der Waals surface area contributed by atoms with E-state index in [1.165, 1.54) is 0 Å². The van der Waals surface area contributed by atoms with Crippen molar-refractivity contribution in [1.29, 1.82) is 0 Å². The van der Waals surface area contributed by atoms with Crippen molar-refractivity contribution in [2.45, 2.75) is 18.9 Å². The Labute approximate surface area is 111 Å². The minimum atomic E-state index is -0.0384. The van der Waals surface area contributed by atoms with Crippen molar-refractivity contribution < 1.29 is 9.53 Å². The SMILES string of the molecule is O=C(c1cn(C2CCNCC2)nn1)N1CCOCC1. The number of nitrogens with zero attached hydrogens (tertiary/aromatic N) is 4. The maximum Gasteiger partial charge on any atom is 0.276 e. The maximum atomic E-state index is 12.2. The molecule has 104 valence electrons. The van der Waals surface area contributed by atoms with Crippen LogP contribution in [0.25, 0.3) is 0 Å². The fourth-order valence-corrected chi connectivity index (χ4v) is 2.55. The molecule has 0 atom stereocenters. The molecule has 0 spiro atoms. The third kappa shape index (κ3) is 2.76. The minimum absolute atomic E-state index is 0.0384. The molecule has 19 heavy (non-hydrogen) atoms. The van der Waals surface area contributed by atoms with Gasteiger partial charge in [0.2, 0.25) is 0 Å². The molecule has 3 heterocycles. The molecule has 1 N–H and O–H groups in total. The molecule has 7 nitrogen and oxygen atoms in total. The Morgan fingerprint density at radius 2 is 2.05 bits per heavy atom. The number of ether oxygens (including phenoxy) is 1. The normalized spacial score (nSPS) is 21.6. The third-order valence-corrected chi connectivity index (χ3v) is 3.71. The summed E-state index contributed by atoms with van der Waals surface area (Å²) in [5, 5.41) is 11.5. The smallest absolute Gasteiger partial charge is 0.276 e. The Kier molecular flexibility index (Phi) is 3.74. The second kappa shape index (κ2) is 5.66. The van der Waals surface area contributed by atoms with Crippen molar-refractivity contribution in [2.75, 3.05) is 39.4 Å². The molecule has 2 fully saturated rings. The predicted octanol–water partition coefficient (Wildman–Crippen LogP) is -0.325. The first-order valence-corrected chi connectivity index (χ1v) is 6.84. The Morgan fingerprint density at radius 3 is 2.79 bits per heavy atom. The Bertz CT molecular complexity index is 435. The summed E-state index contributed by atoms with van der Waals surface area (Å²) < 4.78 is 7.09. The highest BCUT2D eigenvalue weighted by molar-refractivity contribution is 5.91. The van der Waals surface area contributed by atoms with Crippen LogP contribution in [0.4, 0.5) is 0 Å². The number of piperidine rings is 1. The highest BCUT2D eigenvalue weighted by Crippen LogP contribution is 2.17. The summed E-state index contributed by atoms with van der Waals surface area (Å²) in [5.41, 5.74) is 0.445. The van der Waals surface area contributed by atoms with E-state index in [1.807, 2.05) is 4.68 Å². The van der Waals surface area contributed by atoms with E-state index in [0.717, 1.165) is 25.9 Å². The zero-order valence-electron chi connectivity index (χ0n) is 10.9. The van der Waals surface area contributed by atoms with Crippen molar-refractivity contribution in [3.8, 4) is 0 Å². The molecule has 2 aliphatic rings. The molecule has 0 bridgehead atoms. The lowest BCUT2D eigenvalue weighted by Gasteiger charge is -2.25. The van der Waals surface area contributed by atoms with Gasteiger partial charge in [-0.2, -0.15) is 0 Å². The molecule has 7 heteroatoms. The van der Waals surface area contributed by atoms with Gasteiger partial charge in [0.1, 0.15) is 0 Å². The number of hydrogen-bond acceptors (Lipinski definition) is 5. The topological polar surface area (TPSA) is 72.3 Å². The molecule has 1 amide bonds. The highest BCUT2D eigenvalue weighted by Gasteiger charge is 2.23. The zero-order chi connectivity index (χ0) is 13.1. The van der Waals surface area contributed by atoms with Crippen LogP contribution in [0.2, 0.25) is 0 Å². The lowest BCUT2D eigenvalue weighted by Crippen LogP contribution is -2.40. The van der Waals surface area contributed by atoms with Gasteiger partial charge in [0, 0.05) is 13.1 Å². The van der Waals surface area contributed by atoms with Crippen molar-refractivity contribution in [3.63, 3.8) is 0 Å². The Hall–Kier alpha value is -1.47. The average Bonchev–Trinajstić information content (AvgIpc) is 2.98. The molecule has 1 aromatic heterocycles. The maximum absolute atomic E-state index is 12.2. The van der Waals surface area contributed by atoms with E-state index >= 15 is 0 Å². The van der Waals surface area contributed by atoms with Crippen LogP contribution < -0.4 is 5.32 Å². The fraction of sp³-hybridized carbons (Fsp3) is 0.750. The second-order valence-electron chi connectivity index (χ2n) is 4.97. The molecule has 1 aromatic rings. The molecular weight excluding hydrogens is 246 g/mol. The monoisotopic (exact) mass is 265 g/mol. The summed E-state index contributed by atoms with van der Waals surface area (Å²) in [6.45, 7) is 4.48. The summed E-state index contributed by atoms with van der Waals surface area (Å²) in [6, 6.07) is 0.361. The van der Waals surface area contributed by atoms with Gasteiger partial charge in [-0.3, -0.25) is 4.79 Å². The number of carbonyl (C=O) groups excluding carboxylic acids is 1. The van der Waals surface area contributed by atoms with Gasteiger partial charge in [-0.15, -0.1) is 5.10 Å². The molecule has 2 aliphatic heterocycles. The minimum Gasteiger partial charge on any atom is -0.378 e. The van der Waals surface area contributed by atoms with E-state index in [9.17, 15) is 4.79 Å². The van der Waals surface area contributed by atoms with Crippen molar-refractivity contribution in [1.82, 2.24) is 25.2 Å². The summed E-state index contributed by atoms with van der Waals surface area (Å²) in [6.07, 6.45) is 3.86. The largest absolute Gasteiger partial charge is 0.378 e. The van der Waals surface area contributed by atoms with Crippen molar-refractivity contribution in [3.05, 3.63) is 11.9 Å². The van der Waals surface area contributed by atoms with Crippen molar-refractivity contribution in [2.24, 2.45) is 0 Å². The van der Waals surface area contributed by atoms with Crippen LogP contribution >= 0.6 is 0 Å². The van der Waals surface area contributed by atoms with Crippen LogP contribution in [0.3, 0.4) is 0 Å². The first kappa shape index (κ1) is 12.6. The third-order valence-electron chi connectivity index (χ3n) is 3.71. The number of morpholine rings is 1. The first-order chi connectivity index (χ1) is 9.34. The molecule has 3 rings (SSSR count). The van der Waals surface area contributed by atoms with E-state index in [2.05, 4.69) is 15.6 Å². The zero-order valence-corrected chi connectivity index (χ0v) is 10.9. The van der Waals surface area contributed by atoms with Crippen LogP contribution in [0, 0.1) is 0 Å². The summed E-state index contributed by atoms with van der Waals surface area (Å²) >= 11 is 0. The van der Waals surface area contributed by atoms with Gasteiger partial charge in [-0.25, -0.2) is 4.68 Å². The number of carbonyl (C=O) groups is 1. The molecule has 0 aromatic carbocycles. The molecule has 0 radical (unpaired) electrons. The van der Waals surface area contributed by atoms with Crippen LogP contribution in [0.15, 0.2) is 6.20 Å². The summed E-state index contributed by atoms with van der Waals surface area (Å²) in [4.78, 5) is 14.0. The predicted molar refractivity (Wildman–Crippen MR) is 67.9 cm³/mol. The Balaban J connectivity index is 1.67. The lowest BCUT2D eigenvalue weighted by atomic mass is 10.1. The Morgan fingerprint density at radius 1 is 1.32 bits per heavy atom. The van der Waals surface area contributed by atoms with Gasteiger partial charge < -0.3 is 15.0 Å². The van der Waals surface area contributed by atoms with Gasteiger partial charge in [0.15, 0.2) is 5.69 Å². The van der Waals surface area contributed by atoms with Gasteiger partial charge in [0.25, 0.3) is 5.91 Å². The van der Waals surface area contributed by atoms with E-state index in [4.69, 9.17) is 4.74 Å². The van der Waals surface area contributed by atoms with Crippen molar-refractivity contribution >= 4 is 5.91 Å². The van der Waals surface area contributed by atoms with Gasteiger partial charge in [-0.1, -0.05) is 5.21 Å². The van der Waals surface area contributed by atoms with E-state index < -0.39 is 0 Å². The second-order valence-corrected chi connectivity index (χ2v) is 4.97. The lowest BCUT2D eigenvalue weighted by molar-refractivity contribution is 0.0299. The molecule has 2 saturated heterocycles. The quantitative estimate of drug-likeness (QED) is 0.793. The van der Waals surface area contributed by atoms with Crippen LogP contribution in [-0.4, -0.2) is 65.2 Å². The van der Waals surface area contributed by atoms with Crippen LogP contribution in [0.5, 0.6) is 0 Å². The molecular formula is C12H19N5O2. The first-order valence-electron chi connectivity index (χ1n) is 6.84. The van der Waals surface area contributed by atoms with Crippen LogP contribution in [-0.2, 0) is 4.74 Å². The van der Waals surface area contributed by atoms with Gasteiger partial charge in [-0.05, 0) is 25.9 Å². The summed E-state index contributed by atoms with van der Waals surface area (Å²) in [5.74, 6) is -0.0384. The van der Waals surface area contributed by atoms with E-state index in [0.29, 0.717) is 38.0 Å². The van der Waals surface area contributed by atoms with Gasteiger partial charge in [0.05, 0.1) is 25.5 Å². The number of amides is 1. The summed E-state index contributed by atoms with van der Waals surface area (Å²) in [7, 11) is 0. The molecule has 0 saturated carbocycles. The molecule has 0 aliphatic carbocycles. The van der Waals surface area contributed by atoms with E-state index in [-0.39, 0.29) is 5.91 Å². The number of aromatic nitrogens is 3. The molecule has 0 unspecified atom stereocenters. The number of hydrogen-bond donors (Lipinski definition) is 1. The van der Waals surface area contributed by atoms with E-state index in [1.54, 1.807) is 11.1 Å². The van der Waals surface area contributed by atoms with Crippen LogP contribution in [0.1, 0.15) is 29.4 Å².